The number of benzene rings is 1. The van der Waals surface area contributed by atoms with Crippen LogP contribution in [0.25, 0.3) is 10.9 Å². The summed E-state index contributed by atoms with van der Waals surface area (Å²) in [4.78, 5) is 15.1. The number of fused-ring (bicyclic) bond motifs is 1. The van der Waals surface area contributed by atoms with E-state index in [0.717, 1.165) is 37.0 Å². The summed E-state index contributed by atoms with van der Waals surface area (Å²) in [7, 11) is 0. The number of rotatable bonds is 3. The lowest BCUT2D eigenvalue weighted by atomic mass is 10.0. The van der Waals surface area contributed by atoms with Crippen molar-refractivity contribution in [2.45, 2.75) is 12.8 Å². The van der Waals surface area contributed by atoms with E-state index < -0.39 is 0 Å². The van der Waals surface area contributed by atoms with Gasteiger partial charge in [0.1, 0.15) is 5.69 Å². The Morgan fingerprint density at radius 2 is 2.15 bits per heavy atom. The predicted molar refractivity (Wildman–Crippen MR) is 76.5 cm³/mol. The van der Waals surface area contributed by atoms with Crippen LogP contribution in [-0.4, -0.2) is 30.8 Å². The van der Waals surface area contributed by atoms with Crippen LogP contribution in [0.4, 0.5) is 5.69 Å². The van der Waals surface area contributed by atoms with Crippen LogP contribution in [-0.2, 0) is 9.47 Å². The predicted octanol–water partition coefficient (Wildman–Crippen LogP) is 2.33. The van der Waals surface area contributed by atoms with Crippen LogP contribution in [0.5, 0.6) is 0 Å². The lowest BCUT2D eigenvalue weighted by Gasteiger charge is -2.21. The lowest BCUT2D eigenvalue weighted by molar-refractivity contribution is 0.0182. The number of hydrogen-bond donors (Lipinski definition) is 2. The Labute approximate surface area is 117 Å². The molecule has 1 aliphatic rings. The molecule has 3 N–H and O–H groups in total. The molecule has 0 unspecified atom stereocenters. The molecule has 5 heteroatoms. The second kappa shape index (κ2) is 5.54. The number of nitrogen functional groups attached to an aromatic ring is 1. The van der Waals surface area contributed by atoms with Crippen molar-refractivity contribution in [3.8, 4) is 0 Å². The molecule has 20 heavy (non-hydrogen) atoms. The summed E-state index contributed by atoms with van der Waals surface area (Å²) in [6, 6.07) is 7.27. The Balaban J connectivity index is 1.65. The van der Waals surface area contributed by atoms with E-state index in [4.69, 9.17) is 15.2 Å². The van der Waals surface area contributed by atoms with Gasteiger partial charge < -0.3 is 20.2 Å². The maximum absolute atomic E-state index is 12.0. The Kier molecular flexibility index (Phi) is 3.60. The van der Waals surface area contributed by atoms with Crippen molar-refractivity contribution in [3.63, 3.8) is 0 Å². The molecular formula is C15H18N2O3. The standard InChI is InChI=1S/C15H18N2O3/c16-12-1-2-13-11(7-12)8-14(17-13)15(18)20-9-10-3-5-19-6-4-10/h1-2,7-8,10,17H,3-6,9,16H2. The molecule has 1 aromatic carbocycles. The smallest absolute Gasteiger partial charge is 0.354 e. The van der Waals surface area contributed by atoms with Crippen LogP contribution in [0.1, 0.15) is 23.3 Å². The topological polar surface area (TPSA) is 77.3 Å². The summed E-state index contributed by atoms with van der Waals surface area (Å²) in [5.74, 6) is 0.0963. The molecule has 0 radical (unpaired) electrons. The molecule has 2 heterocycles. The van der Waals surface area contributed by atoms with Gasteiger partial charge in [0.05, 0.1) is 6.61 Å². The molecule has 106 valence electrons. The van der Waals surface area contributed by atoms with Gasteiger partial charge in [0.2, 0.25) is 0 Å². The molecule has 0 aliphatic carbocycles. The molecule has 1 aliphatic heterocycles. The van der Waals surface area contributed by atoms with Crippen LogP contribution in [0.2, 0.25) is 0 Å². The number of aromatic nitrogens is 1. The summed E-state index contributed by atoms with van der Waals surface area (Å²) in [5, 5.41) is 0.919. The maximum atomic E-state index is 12.0. The molecule has 1 fully saturated rings. The largest absolute Gasteiger partial charge is 0.461 e. The van der Waals surface area contributed by atoms with Crippen molar-refractivity contribution >= 4 is 22.6 Å². The zero-order valence-electron chi connectivity index (χ0n) is 11.2. The fourth-order valence-electron chi connectivity index (χ4n) is 2.45. The summed E-state index contributed by atoms with van der Waals surface area (Å²) >= 11 is 0. The Morgan fingerprint density at radius 3 is 2.95 bits per heavy atom. The Bertz CT molecular complexity index is 615. The molecule has 1 saturated heterocycles. The van der Waals surface area contributed by atoms with Crippen LogP contribution < -0.4 is 5.73 Å². The third-order valence-corrected chi connectivity index (χ3v) is 3.66. The Morgan fingerprint density at radius 1 is 1.35 bits per heavy atom. The van der Waals surface area contributed by atoms with E-state index in [9.17, 15) is 4.79 Å². The van der Waals surface area contributed by atoms with Gasteiger partial charge >= 0.3 is 5.97 Å². The van der Waals surface area contributed by atoms with E-state index in [1.54, 1.807) is 12.1 Å². The van der Waals surface area contributed by atoms with Crippen molar-refractivity contribution in [1.82, 2.24) is 4.98 Å². The van der Waals surface area contributed by atoms with Gasteiger partial charge in [0.15, 0.2) is 0 Å². The number of aromatic amines is 1. The molecule has 2 aromatic rings. The van der Waals surface area contributed by atoms with Gasteiger partial charge in [-0.15, -0.1) is 0 Å². The number of esters is 1. The number of nitrogens with two attached hydrogens (primary N) is 1. The number of anilines is 1. The van der Waals surface area contributed by atoms with Gasteiger partial charge in [-0.05, 0) is 43.0 Å². The maximum Gasteiger partial charge on any atom is 0.354 e. The summed E-state index contributed by atoms with van der Waals surface area (Å²) in [6.07, 6.45) is 1.91. The lowest BCUT2D eigenvalue weighted by Crippen LogP contribution is -2.22. The van der Waals surface area contributed by atoms with E-state index in [2.05, 4.69) is 4.98 Å². The second-order valence-corrected chi connectivity index (χ2v) is 5.18. The number of hydrogen-bond acceptors (Lipinski definition) is 4. The molecule has 1 aromatic heterocycles. The van der Waals surface area contributed by atoms with Crippen molar-refractivity contribution in [1.29, 1.82) is 0 Å². The normalized spacial score (nSPS) is 16.4. The van der Waals surface area contributed by atoms with E-state index in [-0.39, 0.29) is 5.97 Å². The first-order valence-corrected chi connectivity index (χ1v) is 6.85. The van der Waals surface area contributed by atoms with Crippen LogP contribution in [0.15, 0.2) is 24.3 Å². The van der Waals surface area contributed by atoms with Gasteiger partial charge in [0, 0.05) is 29.8 Å². The summed E-state index contributed by atoms with van der Waals surface area (Å²) < 4.78 is 10.7. The minimum absolute atomic E-state index is 0.314. The molecule has 0 amide bonds. The first-order chi connectivity index (χ1) is 9.72. The quantitative estimate of drug-likeness (QED) is 0.665. The third kappa shape index (κ3) is 2.77. The van der Waals surface area contributed by atoms with E-state index in [0.29, 0.717) is 23.9 Å². The minimum Gasteiger partial charge on any atom is -0.461 e. The van der Waals surface area contributed by atoms with Gasteiger partial charge in [-0.3, -0.25) is 0 Å². The minimum atomic E-state index is -0.314. The average Bonchev–Trinajstić information content (AvgIpc) is 2.89. The molecule has 0 spiro atoms. The number of nitrogens with one attached hydrogen (secondary N) is 1. The molecule has 3 rings (SSSR count). The molecule has 0 atom stereocenters. The van der Waals surface area contributed by atoms with Crippen molar-refractivity contribution in [3.05, 3.63) is 30.0 Å². The van der Waals surface area contributed by atoms with Gasteiger partial charge in [-0.25, -0.2) is 4.79 Å². The highest BCUT2D eigenvalue weighted by molar-refractivity contribution is 5.95. The monoisotopic (exact) mass is 274 g/mol. The molecule has 0 bridgehead atoms. The zero-order chi connectivity index (χ0) is 13.9. The fraction of sp³-hybridized carbons (Fsp3) is 0.400. The number of carbonyl (C=O) groups excluding carboxylic acids is 1. The molecule has 5 nitrogen and oxygen atoms in total. The first kappa shape index (κ1) is 13.0. The average molecular weight is 274 g/mol. The van der Waals surface area contributed by atoms with Crippen molar-refractivity contribution < 1.29 is 14.3 Å². The Hall–Kier alpha value is -2.01. The third-order valence-electron chi connectivity index (χ3n) is 3.66. The second-order valence-electron chi connectivity index (χ2n) is 5.18. The van der Waals surface area contributed by atoms with E-state index in [1.165, 1.54) is 0 Å². The number of ether oxygens (including phenoxy) is 2. The van der Waals surface area contributed by atoms with Gasteiger partial charge in [-0.2, -0.15) is 0 Å². The summed E-state index contributed by atoms with van der Waals surface area (Å²) in [6.45, 7) is 1.97. The molecule has 0 saturated carbocycles. The summed E-state index contributed by atoms with van der Waals surface area (Å²) in [5.41, 5.74) is 7.76. The highest BCUT2D eigenvalue weighted by Gasteiger charge is 2.17. The van der Waals surface area contributed by atoms with Crippen molar-refractivity contribution in [2.75, 3.05) is 25.6 Å². The first-order valence-electron chi connectivity index (χ1n) is 6.85. The van der Waals surface area contributed by atoms with Crippen LogP contribution >= 0.6 is 0 Å². The van der Waals surface area contributed by atoms with Crippen molar-refractivity contribution in [2.24, 2.45) is 5.92 Å². The van der Waals surface area contributed by atoms with Gasteiger partial charge in [0.25, 0.3) is 0 Å². The number of H-pyrrole nitrogens is 1. The zero-order valence-corrected chi connectivity index (χ0v) is 11.2. The van der Waals surface area contributed by atoms with Crippen LogP contribution in [0.3, 0.4) is 0 Å². The molecular weight excluding hydrogens is 256 g/mol. The van der Waals surface area contributed by atoms with E-state index >= 15 is 0 Å². The fourth-order valence-corrected chi connectivity index (χ4v) is 2.45. The van der Waals surface area contributed by atoms with E-state index in [1.807, 2.05) is 12.1 Å². The SMILES string of the molecule is Nc1ccc2[nH]c(C(=O)OCC3CCOCC3)cc2c1. The highest BCUT2D eigenvalue weighted by Crippen LogP contribution is 2.20. The highest BCUT2D eigenvalue weighted by atomic mass is 16.5. The van der Waals surface area contributed by atoms with Gasteiger partial charge in [-0.1, -0.05) is 0 Å². The van der Waals surface area contributed by atoms with Crippen LogP contribution in [0, 0.1) is 5.92 Å². The number of carbonyl (C=O) groups is 1.